The Morgan fingerprint density at radius 2 is 2.00 bits per heavy atom. The lowest BCUT2D eigenvalue weighted by Gasteiger charge is -2.29. The first-order valence-electron chi connectivity index (χ1n) is 6.53. The Kier molecular flexibility index (Phi) is 6.67. The van der Waals surface area contributed by atoms with Crippen molar-refractivity contribution >= 4 is 27.5 Å². The van der Waals surface area contributed by atoms with Crippen molar-refractivity contribution in [3.05, 3.63) is 16.4 Å². The van der Waals surface area contributed by atoms with Gasteiger partial charge in [0, 0.05) is 31.5 Å². The Morgan fingerprint density at radius 1 is 1.39 bits per heavy atom. The molecule has 0 atom stereocenters. The summed E-state index contributed by atoms with van der Waals surface area (Å²) in [6.45, 7) is 8.34. The number of nitrogens with zero attached hydrogens (tertiary/aromatic N) is 3. The van der Waals surface area contributed by atoms with E-state index in [1.54, 1.807) is 0 Å². The molecule has 0 aliphatic carbocycles. The zero-order valence-corrected chi connectivity index (χ0v) is 14.1. The van der Waals surface area contributed by atoms with Crippen molar-refractivity contribution in [2.45, 2.75) is 46.2 Å². The van der Waals surface area contributed by atoms with E-state index in [9.17, 15) is 0 Å². The largest absolute Gasteiger partial charge is 0.294 e. The van der Waals surface area contributed by atoms with Crippen LogP contribution >= 0.6 is 27.5 Å². The van der Waals surface area contributed by atoms with Gasteiger partial charge in [-0.3, -0.25) is 9.58 Å². The van der Waals surface area contributed by atoms with Crippen molar-refractivity contribution in [3.8, 4) is 0 Å². The monoisotopic (exact) mass is 335 g/mol. The molecule has 3 nitrogen and oxygen atoms in total. The summed E-state index contributed by atoms with van der Waals surface area (Å²) in [5.41, 5.74) is 2.03. The molecule has 0 N–H and O–H groups in total. The highest BCUT2D eigenvalue weighted by molar-refractivity contribution is 9.09. The van der Waals surface area contributed by atoms with Gasteiger partial charge in [0.15, 0.2) is 0 Å². The standard InChI is InChI=1S/C13H23BrClN3/c1-5-11(6-2)18(8-7-14)9-12-13(15)10(3)16-17(12)4/h11H,5-9H2,1-4H3. The minimum absolute atomic E-state index is 0.605. The van der Waals surface area contributed by atoms with Crippen LogP contribution < -0.4 is 0 Å². The normalized spacial score (nSPS) is 11.8. The molecule has 1 rings (SSSR count). The summed E-state index contributed by atoms with van der Waals surface area (Å²) in [5, 5.41) is 6.17. The average Bonchev–Trinajstić information content (AvgIpc) is 2.57. The van der Waals surface area contributed by atoms with Crippen LogP contribution in [-0.2, 0) is 13.6 Å². The van der Waals surface area contributed by atoms with Crippen molar-refractivity contribution in [1.29, 1.82) is 0 Å². The molecule has 0 aromatic carbocycles. The molecule has 1 heterocycles. The topological polar surface area (TPSA) is 21.1 Å². The zero-order chi connectivity index (χ0) is 13.7. The molecule has 0 fully saturated rings. The highest BCUT2D eigenvalue weighted by Crippen LogP contribution is 2.23. The summed E-state index contributed by atoms with van der Waals surface area (Å²) in [4.78, 5) is 2.48. The maximum absolute atomic E-state index is 6.33. The Balaban J connectivity index is 2.88. The van der Waals surface area contributed by atoms with Gasteiger partial charge < -0.3 is 0 Å². The van der Waals surface area contributed by atoms with Crippen molar-refractivity contribution < 1.29 is 0 Å². The van der Waals surface area contributed by atoms with E-state index in [2.05, 4.69) is 39.8 Å². The van der Waals surface area contributed by atoms with Crippen molar-refractivity contribution in [3.63, 3.8) is 0 Å². The van der Waals surface area contributed by atoms with Crippen molar-refractivity contribution in [2.75, 3.05) is 11.9 Å². The van der Waals surface area contributed by atoms with E-state index >= 15 is 0 Å². The fourth-order valence-corrected chi connectivity index (χ4v) is 3.02. The van der Waals surface area contributed by atoms with Gasteiger partial charge in [-0.1, -0.05) is 41.4 Å². The summed E-state index contributed by atoms with van der Waals surface area (Å²) in [6.07, 6.45) is 2.33. The zero-order valence-electron chi connectivity index (χ0n) is 11.7. The third-order valence-electron chi connectivity index (χ3n) is 3.45. The number of hydrogen-bond acceptors (Lipinski definition) is 2. The van der Waals surface area contributed by atoms with Crippen LogP contribution in [0.1, 0.15) is 38.1 Å². The van der Waals surface area contributed by atoms with E-state index in [0.717, 1.165) is 47.7 Å². The molecule has 1 aromatic rings. The van der Waals surface area contributed by atoms with Crippen LogP contribution in [0, 0.1) is 6.92 Å². The highest BCUT2D eigenvalue weighted by Gasteiger charge is 2.19. The van der Waals surface area contributed by atoms with Crippen LogP contribution in [0.4, 0.5) is 0 Å². The summed E-state index contributed by atoms with van der Waals surface area (Å²) in [5.74, 6) is 0. The fourth-order valence-electron chi connectivity index (χ4n) is 2.35. The average molecular weight is 337 g/mol. The van der Waals surface area contributed by atoms with Crippen LogP contribution in [0.2, 0.25) is 5.02 Å². The second-order valence-corrected chi connectivity index (χ2v) is 5.77. The molecular formula is C13H23BrClN3. The minimum Gasteiger partial charge on any atom is -0.294 e. The van der Waals surface area contributed by atoms with E-state index in [4.69, 9.17) is 11.6 Å². The van der Waals surface area contributed by atoms with Crippen LogP contribution in [-0.4, -0.2) is 32.6 Å². The number of aryl methyl sites for hydroxylation is 2. The van der Waals surface area contributed by atoms with Crippen LogP contribution in [0.5, 0.6) is 0 Å². The highest BCUT2D eigenvalue weighted by atomic mass is 79.9. The Morgan fingerprint density at radius 3 is 2.39 bits per heavy atom. The molecule has 0 amide bonds. The molecule has 0 unspecified atom stereocenters. The molecular weight excluding hydrogens is 314 g/mol. The van der Waals surface area contributed by atoms with E-state index < -0.39 is 0 Å². The quantitative estimate of drug-likeness (QED) is 0.707. The lowest BCUT2D eigenvalue weighted by atomic mass is 10.1. The summed E-state index contributed by atoms with van der Waals surface area (Å²) < 4.78 is 1.90. The molecule has 0 bridgehead atoms. The molecule has 104 valence electrons. The molecule has 5 heteroatoms. The van der Waals surface area contributed by atoms with Crippen LogP contribution in [0.25, 0.3) is 0 Å². The fraction of sp³-hybridized carbons (Fsp3) is 0.769. The number of alkyl halides is 1. The van der Waals surface area contributed by atoms with E-state index in [0.29, 0.717) is 6.04 Å². The Labute approximate surface area is 124 Å². The predicted molar refractivity (Wildman–Crippen MR) is 81.5 cm³/mol. The minimum atomic E-state index is 0.605. The first-order valence-corrected chi connectivity index (χ1v) is 8.03. The predicted octanol–water partition coefficient (Wildman–Crippen LogP) is 3.77. The van der Waals surface area contributed by atoms with Gasteiger partial charge in [0.1, 0.15) is 0 Å². The second-order valence-electron chi connectivity index (χ2n) is 4.60. The molecule has 0 radical (unpaired) electrons. The molecule has 1 aromatic heterocycles. The molecule has 0 saturated carbocycles. The maximum Gasteiger partial charge on any atom is 0.0860 e. The van der Waals surface area contributed by atoms with Gasteiger partial charge in [-0.15, -0.1) is 0 Å². The smallest absolute Gasteiger partial charge is 0.0860 e. The maximum atomic E-state index is 6.33. The molecule has 18 heavy (non-hydrogen) atoms. The van der Waals surface area contributed by atoms with Gasteiger partial charge in [0.25, 0.3) is 0 Å². The third kappa shape index (κ3) is 3.72. The molecule has 0 saturated heterocycles. The van der Waals surface area contributed by atoms with E-state index in [-0.39, 0.29) is 0 Å². The second kappa shape index (κ2) is 7.51. The van der Waals surface area contributed by atoms with Gasteiger partial charge >= 0.3 is 0 Å². The number of hydrogen-bond donors (Lipinski definition) is 0. The summed E-state index contributed by atoms with van der Waals surface area (Å²) in [7, 11) is 1.97. The van der Waals surface area contributed by atoms with Gasteiger partial charge in [0.2, 0.25) is 0 Å². The number of aromatic nitrogens is 2. The van der Waals surface area contributed by atoms with Crippen molar-refractivity contribution in [1.82, 2.24) is 14.7 Å². The Bertz CT molecular complexity index is 375. The van der Waals surface area contributed by atoms with Gasteiger partial charge in [-0.2, -0.15) is 5.10 Å². The first-order chi connectivity index (χ1) is 8.54. The van der Waals surface area contributed by atoms with E-state index in [1.807, 2.05) is 18.7 Å². The van der Waals surface area contributed by atoms with E-state index in [1.165, 1.54) is 0 Å². The van der Waals surface area contributed by atoms with Crippen molar-refractivity contribution in [2.24, 2.45) is 7.05 Å². The number of halogens is 2. The number of rotatable bonds is 7. The van der Waals surface area contributed by atoms with Gasteiger partial charge in [-0.05, 0) is 19.8 Å². The van der Waals surface area contributed by atoms with Gasteiger partial charge in [0.05, 0.1) is 16.4 Å². The summed E-state index contributed by atoms with van der Waals surface area (Å²) in [6, 6.07) is 0.605. The van der Waals surface area contributed by atoms with Gasteiger partial charge in [-0.25, -0.2) is 0 Å². The lowest BCUT2D eigenvalue weighted by molar-refractivity contribution is 0.184. The lowest BCUT2D eigenvalue weighted by Crippen LogP contribution is -2.36. The SMILES string of the molecule is CCC(CC)N(CCBr)Cc1c(Cl)c(C)nn1C. The van der Waals surface area contributed by atoms with Crippen LogP contribution in [0.15, 0.2) is 0 Å². The first kappa shape index (κ1) is 16.0. The molecule has 0 aliphatic rings. The Hall–Kier alpha value is -0.0600. The summed E-state index contributed by atoms with van der Waals surface area (Å²) >= 11 is 9.86. The third-order valence-corrected chi connectivity index (χ3v) is 4.29. The molecule has 0 spiro atoms. The van der Waals surface area contributed by atoms with Crippen LogP contribution in [0.3, 0.4) is 0 Å². The molecule has 0 aliphatic heterocycles.